The Morgan fingerprint density at radius 2 is 1.89 bits per heavy atom. The normalized spacial score (nSPS) is 12.2. The first-order valence-electron chi connectivity index (χ1n) is 6.33. The van der Waals surface area contributed by atoms with Crippen LogP contribution in [0.15, 0.2) is 48.5 Å². The Kier molecular flexibility index (Phi) is 4.83. The van der Waals surface area contributed by atoms with Gasteiger partial charge in [0.1, 0.15) is 5.75 Å². The van der Waals surface area contributed by atoms with Crippen LogP contribution in [0.4, 0.5) is 0 Å². The SMILES string of the molecule is COc1ccc(C(N)CCc2cccc(Cl)c2)cc1. The summed E-state index contributed by atoms with van der Waals surface area (Å²) in [7, 11) is 1.66. The highest BCUT2D eigenvalue weighted by atomic mass is 35.5. The van der Waals surface area contributed by atoms with Gasteiger partial charge in [-0.1, -0.05) is 35.9 Å². The van der Waals surface area contributed by atoms with Crippen molar-refractivity contribution < 1.29 is 4.74 Å². The van der Waals surface area contributed by atoms with Crippen molar-refractivity contribution in [3.8, 4) is 5.75 Å². The van der Waals surface area contributed by atoms with Crippen molar-refractivity contribution in [3.63, 3.8) is 0 Å². The number of ether oxygens (including phenoxy) is 1. The summed E-state index contributed by atoms with van der Waals surface area (Å²) in [5.41, 5.74) is 8.55. The molecule has 0 heterocycles. The highest BCUT2D eigenvalue weighted by molar-refractivity contribution is 6.30. The fraction of sp³-hybridized carbons (Fsp3) is 0.250. The highest BCUT2D eigenvalue weighted by Crippen LogP contribution is 2.20. The molecule has 2 aromatic carbocycles. The van der Waals surface area contributed by atoms with Crippen LogP contribution in [0, 0.1) is 0 Å². The van der Waals surface area contributed by atoms with Gasteiger partial charge in [0.05, 0.1) is 7.11 Å². The molecular weight excluding hydrogens is 258 g/mol. The van der Waals surface area contributed by atoms with Crippen molar-refractivity contribution in [1.82, 2.24) is 0 Å². The molecule has 0 amide bonds. The Morgan fingerprint density at radius 1 is 1.16 bits per heavy atom. The van der Waals surface area contributed by atoms with Gasteiger partial charge in [0.25, 0.3) is 0 Å². The van der Waals surface area contributed by atoms with Crippen LogP contribution in [-0.4, -0.2) is 7.11 Å². The van der Waals surface area contributed by atoms with E-state index in [2.05, 4.69) is 6.07 Å². The molecule has 0 aliphatic rings. The van der Waals surface area contributed by atoms with E-state index in [9.17, 15) is 0 Å². The van der Waals surface area contributed by atoms with Gasteiger partial charge >= 0.3 is 0 Å². The highest BCUT2D eigenvalue weighted by Gasteiger charge is 2.06. The van der Waals surface area contributed by atoms with Crippen molar-refractivity contribution in [2.75, 3.05) is 7.11 Å². The number of hydrogen-bond donors (Lipinski definition) is 1. The van der Waals surface area contributed by atoms with Gasteiger partial charge < -0.3 is 10.5 Å². The van der Waals surface area contributed by atoms with Crippen molar-refractivity contribution in [2.45, 2.75) is 18.9 Å². The Morgan fingerprint density at radius 3 is 2.53 bits per heavy atom. The van der Waals surface area contributed by atoms with E-state index in [1.165, 1.54) is 5.56 Å². The van der Waals surface area contributed by atoms with E-state index >= 15 is 0 Å². The maximum atomic E-state index is 6.20. The summed E-state index contributed by atoms with van der Waals surface area (Å²) in [6.45, 7) is 0. The molecule has 2 aromatic rings. The van der Waals surface area contributed by atoms with E-state index in [0.29, 0.717) is 0 Å². The van der Waals surface area contributed by atoms with E-state index in [1.807, 2.05) is 42.5 Å². The minimum absolute atomic E-state index is 0.0323. The molecule has 0 aliphatic heterocycles. The average molecular weight is 276 g/mol. The molecule has 3 heteroatoms. The summed E-state index contributed by atoms with van der Waals surface area (Å²) >= 11 is 5.97. The van der Waals surface area contributed by atoms with Gasteiger partial charge in [0, 0.05) is 11.1 Å². The Labute approximate surface area is 119 Å². The zero-order chi connectivity index (χ0) is 13.7. The van der Waals surface area contributed by atoms with Gasteiger partial charge in [-0.3, -0.25) is 0 Å². The third-order valence-electron chi connectivity index (χ3n) is 3.18. The molecule has 0 saturated carbocycles. The van der Waals surface area contributed by atoms with Crippen LogP contribution in [0.3, 0.4) is 0 Å². The van der Waals surface area contributed by atoms with Gasteiger partial charge in [0.15, 0.2) is 0 Å². The van der Waals surface area contributed by atoms with Crippen LogP contribution >= 0.6 is 11.6 Å². The lowest BCUT2D eigenvalue weighted by Gasteiger charge is -2.12. The Bertz CT molecular complexity index is 525. The molecule has 0 aliphatic carbocycles. The van der Waals surface area contributed by atoms with Crippen molar-refractivity contribution >= 4 is 11.6 Å². The molecule has 0 aromatic heterocycles. The average Bonchev–Trinajstić information content (AvgIpc) is 2.45. The number of nitrogens with two attached hydrogens (primary N) is 1. The second kappa shape index (κ2) is 6.60. The van der Waals surface area contributed by atoms with Gasteiger partial charge in [0.2, 0.25) is 0 Å². The number of halogens is 1. The second-order valence-electron chi connectivity index (χ2n) is 4.55. The molecular formula is C16H18ClNO. The Balaban J connectivity index is 1.95. The zero-order valence-corrected chi connectivity index (χ0v) is 11.7. The van der Waals surface area contributed by atoms with E-state index in [0.717, 1.165) is 29.2 Å². The van der Waals surface area contributed by atoms with E-state index in [-0.39, 0.29) is 6.04 Å². The summed E-state index contributed by atoms with van der Waals surface area (Å²) in [6.07, 6.45) is 1.82. The molecule has 0 spiro atoms. The van der Waals surface area contributed by atoms with Gasteiger partial charge in [-0.2, -0.15) is 0 Å². The monoisotopic (exact) mass is 275 g/mol. The smallest absolute Gasteiger partial charge is 0.118 e. The molecule has 0 bridgehead atoms. The van der Waals surface area contributed by atoms with Crippen LogP contribution in [0.2, 0.25) is 5.02 Å². The Hall–Kier alpha value is -1.51. The number of methoxy groups -OCH3 is 1. The summed E-state index contributed by atoms with van der Waals surface area (Å²) in [5, 5.41) is 0.774. The van der Waals surface area contributed by atoms with Crippen LogP contribution in [-0.2, 0) is 6.42 Å². The summed E-state index contributed by atoms with van der Waals surface area (Å²) in [5.74, 6) is 0.853. The van der Waals surface area contributed by atoms with Gasteiger partial charge in [-0.25, -0.2) is 0 Å². The molecule has 0 radical (unpaired) electrons. The van der Waals surface area contributed by atoms with Crippen LogP contribution in [0.5, 0.6) is 5.75 Å². The summed E-state index contributed by atoms with van der Waals surface area (Å²) in [6, 6.07) is 15.9. The second-order valence-corrected chi connectivity index (χ2v) is 4.98. The zero-order valence-electron chi connectivity index (χ0n) is 11.0. The van der Waals surface area contributed by atoms with E-state index < -0.39 is 0 Å². The van der Waals surface area contributed by atoms with Gasteiger partial charge in [-0.05, 0) is 48.2 Å². The first kappa shape index (κ1) is 13.9. The minimum Gasteiger partial charge on any atom is -0.497 e. The molecule has 1 unspecified atom stereocenters. The lowest BCUT2D eigenvalue weighted by atomic mass is 10.00. The lowest BCUT2D eigenvalue weighted by Crippen LogP contribution is -2.11. The maximum absolute atomic E-state index is 6.20. The molecule has 0 fully saturated rings. The summed E-state index contributed by atoms with van der Waals surface area (Å²) < 4.78 is 5.14. The topological polar surface area (TPSA) is 35.2 Å². The predicted octanol–water partition coefficient (Wildman–Crippen LogP) is 3.98. The molecule has 2 nitrogen and oxygen atoms in total. The largest absolute Gasteiger partial charge is 0.497 e. The molecule has 100 valence electrons. The quantitative estimate of drug-likeness (QED) is 0.896. The van der Waals surface area contributed by atoms with E-state index in [1.54, 1.807) is 7.11 Å². The summed E-state index contributed by atoms with van der Waals surface area (Å²) in [4.78, 5) is 0. The third kappa shape index (κ3) is 3.98. The number of rotatable bonds is 5. The molecule has 2 N–H and O–H groups in total. The van der Waals surface area contributed by atoms with Crippen LogP contribution < -0.4 is 10.5 Å². The third-order valence-corrected chi connectivity index (χ3v) is 3.41. The fourth-order valence-corrected chi connectivity index (χ4v) is 2.25. The minimum atomic E-state index is 0.0323. The van der Waals surface area contributed by atoms with Crippen molar-refractivity contribution in [3.05, 3.63) is 64.7 Å². The number of aryl methyl sites for hydroxylation is 1. The van der Waals surface area contributed by atoms with Gasteiger partial charge in [-0.15, -0.1) is 0 Å². The molecule has 1 atom stereocenters. The molecule has 0 saturated heterocycles. The first-order chi connectivity index (χ1) is 9.19. The van der Waals surface area contributed by atoms with Crippen LogP contribution in [0.1, 0.15) is 23.6 Å². The molecule has 2 rings (SSSR count). The molecule has 19 heavy (non-hydrogen) atoms. The standard InChI is InChI=1S/C16H18ClNO/c1-19-15-8-6-13(7-9-15)16(18)10-5-12-3-2-4-14(17)11-12/h2-4,6-9,11,16H,5,10,18H2,1H3. The van der Waals surface area contributed by atoms with E-state index in [4.69, 9.17) is 22.1 Å². The maximum Gasteiger partial charge on any atom is 0.118 e. The first-order valence-corrected chi connectivity index (χ1v) is 6.71. The van der Waals surface area contributed by atoms with Crippen LogP contribution in [0.25, 0.3) is 0 Å². The fourth-order valence-electron chi connectivity index (χ4n) is 2.03. The van der Waals surface area contributed by atoms with Crippen molar-refractivity contribution in [1.29, 1.82) is 0 Å². The number of benzene rings is 2. The van der Waals surface area contributed by atoms with Crippen molar-refractivity contribution in [2.24, 2.45) is 5.73 Å². The number of hydrogen-bond acceptors (Lipinski definition) is 2. The predicted molar refractivity (Wildman–Crippen MR) is 79.7 cm³/mol. The lowest BCUT2D eigenvalue weighted by molar-refractivity contribution is 0.414.